The first-order chi connectivity index (χ1) is 0. The molecule has 0 spiro atoms. The van der Waals surface area contributed by atoms with Crippen LogP contribution in [0.1, 0.15) is 0 Å². The van der Waals surface area contributed by atoms with Crippen LogP contribution in [0.25, 0.3) is 0 Å². The van der Waals surface area contributed by atoms with E-state index >= 15 is 0 Å². The maximum atomic E-state index is 0. The van der Waals surface area contributed by atoms with Gasteiger partial charge >= 0.3 is 0 Å². The first-order valence-corrected chi connectivity index (χ1v) is 0. The molecule has 0 aliphatic carbocycles. The Hall–Kier alpha value is 1.70. The fourth-order valence-corrected chi connectivity index (χ4v) is 0. The average molecular weight is 218 g/mol. The van der Waals surface area contributed by atoms with Crippen molar-refractivity contribution in [3.05, 3.63) is 0 Å². The van der Waals surface area contributed by atoms with E-state index in [1.54, 1.807) is 0 Å². The Balaban J connectivity index is 0. The van der Waals surface area contributed by atoms with Crippen molar-refractivity contribution in [2.75, 3.05) is 0 Å². The summed E-state index contributed by atoms with van der Waals surface area (Å²) in [5.74, 6) is 0. The number of halogens is 4. The van der Waals surface area contributed by atoms with E-state index in [2.05, 4.69) is 0 Å². The molecule has 0 saturated heterocycles. The summed E-state index contributed by atoms with van der Waals surface area (Å²) < 4.78 is 0. The third-order valence-electron chi connectivity index (χ3n) is 0. The molecule has 36 valence electrons. The van der Waals surface area contributed by atoms with Gasteiger partial charge in [-0.15, -0.1) is 49.6 Å². The molecule has 0 aromatic rings. The molecular formula is H4Cl4Ge. The summed E-state index contributed by atoms with van der Waals surface area (Å²) in [4.78, 5) is 0. The minimum atomic E-state index is 0. The Morgan fingerprint density at radius 2 is 0.400 bits per heavy atom. The molecule has 0 atom stereocenters. The van der Waals surface area contributed by atoms with Crippen LogP contribution in [0.4, 0.5) is 0 Å². The van der Waals surface area contributed by atoms with Gasteiger partial charge in [-0.3, -0.25) is 0 Å². The summed E-state index contributed by atoms with van der Waals surface area (Å²) in [5, 5.41) is 0. The van der Waals surface area contributed by atoms with E-state index in [1.165, 1.54) is 0 Å². The second-order valence-electron chi connectivity index (χ2n) is 0. The van der Waals surface area contributed by atoms with Gasteiger partial charge in [-0.05, 0) is 0 Å². The zero-order valence-electron chi connectivity index (χ0n) is 2.13. The quantitative estimate of drug-likeness (QED) is 0.538. The Labute approximate surface area is 67.1 Å². The third-order valence-corrected chi connectivity index (χ3v) is 0. The molecule has 4 radical (unpaired) electrons. The van der Waals surface area contributed by atoms with Crippen LogP contribution >= 0.6 is 49.6 Å². The molecule has 0 saturated carbocycles. The van der Waals surface area contributed by atoms with Crippen LogP contribution in [0.5, 0.6) is 0 Å². The van der Waals surface area contributed by atoms with Crippen LogP contribution in [-0.2, 0) is 0 Å². The standard InChI is InChI=1S/4ClH.Ge/h4*1H;. The molecule has 0 N–H and O–H groups in total. The predicted molar refractivity (Wildman–Crippen MR) is 34.7 cm³/mol. The molecule has 0 rings (SSSR count). The van der Waals surface area contributed by atoms with E-state index in [4.69, 9.17) is 0 Å². The third kappa shape index (κ3) is 27.0. The van der Waals surface area contributed by atoms with E-state index in [-0.39, 0.29) is 67.2 Å². The van der Waals surface area contributed by atoms with Crippen LogP contribution < -0.4 is 0 Å². The van der Waals surface area contributed by atoms with Gasteiger partial charge in [-0.2, -0.15) is 0 Å². The first-order valence-electron chi connectivity index (χ1n) is 0. The zero-order valence-corrected chi connectivity index (χ0v) is 7.50. The van der Waals surface area contributed by atoms with Crippen molar-refractivity contribution < 1.29 is 0 Å². The molecule has 0 unspecified atom stereocenters. The maximum Gasteiger partial charge on any atom is 0 e. The van der Waals surface area contributed by atoms with Crippen molar-refractivity contribution in [3.63, 3.8) is 0 Å². The van der Waals surface area contributed by atoms with Gasteiger partial charge in [0.1, 0.15) is 0 Å². The molecule has 0 nitrogen and oxygen atoms in total. The van der Waals surface area contributed by atoms with E-state index in [0.29, 0.717) is 0 Å². The average Bonchev–Trinajstić information content (AvgIpc) is 0. The van der Waals surface area contributed by atoms with Crippen molar-refractivity contribution in [1.29, 1.82) is 0 Å². The Kier molecular flexibility index (Phi) is 654. The van der Waals surface area contributed by atoms with E-state index in [9.17, 15) is 0 Å². The van der Waals surface area contributed by atoms with Gasteiger partial charge in [-0.25, -0.2) is 0 Å². The summed E-state index contributed by atoms with van der Waals surface area (Å²) in [7, 11) is 0. The summed E-state index contributed by atoms with van der Waals surface area (Å²) in [6.07, 6.45) is 0. The number of hydrogen-bond acceptors (Lipinski definition) is 0. The summed E-state index contributed by atoms with van der Waals surface area (Å²) in [5.41, 5.74) is 0. The van der Waals surface area contributed by atoms with Crippen molar-refractivity contribution in [3.8, 4) is 0 Å². The van der Waals surface area contributed by atoms with Gasteiger partial charge in [0.25, 0.3) is 0 Å². The molecule has 0 aliphatic rings. The zero-order chi connectivity index (χ0) is 0. The van der Waals surface area contributed by atoms with E-state index in [0.717, 1.165) is 0 Å². The topological polar surface area (TPSA) is 0 Å². The molecule has 0 bridgehead atoms. The Bertz CT molecular complexity index is 3.61. The minimum absolute atomic E-state index is 0. The van der Waals surface area contributed by atoms with Crippen LogP contribution in [0, 0.1) is 0 Å². The molecule has 5 heavy (non-hydrogen) atoms. The maximum absolute atomic E-state index is 0. The van der Waals surface area contributed by atoms with Gasteiger partial charge < -0.3 is 0 Å². The number of hydrogen-bond donors (Lipinski definition) is 0. The Morgan fingerprint density at radius 1 is 0.400 bits per heavy atom. The molecule has 0 heterocycles. The van der Waals surface area contributed by atoms with Crippen molar-refractivity contribution in [1.82, 2.24) is 0 Å². The van der Waals surface area contributed by atoms with Crippen LogP contribution in [0.3, 0.4) is 0 Å². The first kappa shape index (κ1) is 75.2. The van der Waals surface area contributed by atoms with E-state index < -0.39 is 0 Å². The van der Waals surface area contributed by atoms with Crippen molar-refractivity contribution >= 4 is 67.2 Å². The minimum Gasteiger partial charge on any atom is -0.147 e. The van der Waals surface area contributed by atoms with Gasteiger partial charge in [0.15, 0.2) is 0 Å². The summed E-state index contributed by atoms with van der Waals surface area (Å²) >= 11 is 0. The molecule has 0 aromatic heterocycles. The van der Waals surface area contributed by atoms with E-state index in [1.807, 2.05) is 0 Å². The fraction of sp³-hybridized carbons (Fsp3) is 0. The van der Waals surface area contributed by atoms with Crippen molar-refractivity contribution in [2.45, 2.75) is 0 Å². The van der Waals surface area contributed by atoms with Gasteiger partial charge in [0.2, 0.25) is 0 Å². The predicted octanol–water partition coefficient (Wildman–Crippen LogP) is 1.31. The Morgan fingerprint density at radius 3 is 0.400 bits per heavy atom. The molecule has 0 fully saturated rings. The smallest absolute Gasteiger partial charge is 0 e. The molecule has 5 heteroatoms. The molecule has 0 aromatic carbocycles. The second-order valence-corrected chi connectivity index (χ2v) is 0. The van der Waals surface area contributed by atoms with Gasteiger partial charge in [0.05, 0.1) is 0 Å². The van der Waals surface area contributed by atoms with Crippen LogP contribution in [-0.4, -0.2) is 17.6 Å². The van der Waals surface area contributed by atoms with Crippen LogP contribution in [0.2, 0.25) is 0 Å². The monoisotopic (exact) mass is 218 g/mol. The molecule has 0 aliphatic heterocycles. The van der Waals surface area contributed by atoms with Gasteiger partial charge in [-0.1, -0.05) is 0 Å². The molecule has 0 amide bonds. The molecular weight excluding hydrogens is 214 g/mol. The SMILES string of the molecule is Cl.Cl.Cl.Cl.[Ge]. The van der Waals surface area contributed by atoms with Crippen LogP contribution in [0.15, 0.2) is 0 Å². The number of rotatable bonds is 0. The fourth-order valence-electron chi connectivity index (χ4n) is 0. The summed E-state index contributed by atoms with van der Waals surface area (Å²) in [6, 6.07) is 0. The second kappa shape index (κ2) is 43.5. The largest absolute Gasteiger partial charge is 0.147 e. The van der Waals surface area contributed by atoms with Crippen molar-refractivity contribution in [2.24, 2.45) is 0 Å². The normalized spacial score (nSPS) is 0. The summed E-state index contributed by atoms with van der Waals surface area (Å²) in [6.45, 7) is 0. The van der Waals surface area contributed by atoms with Gasteiger partial charge in [0, 0.05) is 17.6 Å².